The Bertz CT molecular complexity index is 841. The predicted molar refractivity (Wildman–Crippen MR) is 90.2 cm³/mol. The van der Waals surface area contributed by atoms with Crippen molar-refractivity contribution < 1.29 is 8.42 Å². The van der Waals surface area contributed by atoms with Crippen LogP contribution in [0.15, 0.2) is 66.9 Å². The van der Waals surface area contributed by atoms with Gasteiger partial charge in [-0.15, -0.1) is 0 Å². The predicted octanol–water partition coefficient (Wildman–Crippen LogP) is 3.91. The van der Waals surface area contributed by atoms with Crippen molar-refractivity contribution in [2.45, 2.75) is 5.75 Å². The smallest absolute Gasteiger partial charge is 0.144 e. The van der Waals surface area contributed by atoms with Crippen LogP contribution in [-0.4, -0.2) is 13.0 Å². The molecule has 2 aromatic carbocycles. The lowest BCUT2D eigenvalue weighted by Crippen LogP contribution is -1.95. The van der Waals surface area contributed by atoms with Gasteiger partial charge in [-0.05, 0) is 47.5 Å². The molecule has 0 unspecified atom stereocenters. The summed E-state index contributed by atoms with van der Waals surface area (Å²) >= 11 is 5.93. The Morgan fingerprint density at radius 2 is 1.59 bits per heavy atom. The van der Waals surface area contributed by atoms with E-state index in [2.05, 4.69) is 4.57 Å². The summed E-state index contributed by atoms with van der Waals surface area (Å²) < 4.78 is 23.6. The van der Waals surface area contributed by atoms with E-state index in [-0.39, 0.29) is 5.75 Å². The average Bonchev–Trinajstić information content (AvgIpc) is 2.97. The molecule has 1 heterocycles. The molecule has 1 aromatic heterocycles. The van der Waals surface area contributed by atoms with Gasteiger partial charge in [0, 0.05) is 16.9 Å². The molecule has 0 N–H and O–H groups in total. The van der Waals surface area contributed by atoms with E-state index < -0.39 is 10.7 Å². The summed E-state index contributed by atoms with van der Waals surface area (Å²) in [5.41, 5.74) is 3.89. The summed E-state index contributed by atoms with van der Waals surface area (Å²) in [5.74, 6) is 0.0772. The minimum Gasteiger partial charge on any atom is -0.317 e. The Kier molecular flexibility index (Phi) is 4.32. The fourth-order valence-corrected chi connectivity index (χ4v) is 3.01. The number of nitrogens with zero attached hydrogens (tertiary/aromatic N) is 1. The maximum absolute atomic E-state index is 10.8. The molecular weight excluding hydrogens is 318 g/mol. The van der Waals surface area contributed by atoms with Crippen molar-refractivity contribution in [2.24, 2.45) is 0 Å². The SMILES string of the molecule is O=[SH](=O)Cc1ccc(-c2cccn2-c2ccc(Cl)cc2)cc1. The average molecular weight is 332 g/mol. The van der Waals surface area contributed by atoms with Crippen LogP contribution >= 0.6 is 11.6 Å². The molecule has 0 amide bonds. The van der Waals surface area contributed by atoms with Crippen LogP contribution in [0.2, 0.25) is 5.02 Å². The van der Waals surface area contributed by atoms with E-state index in [1.807, 2.05) is 66.9 Å². The topological polar surface area (TPSA) is 39.1 Å². The van der Waals surface area contributed by atoms with Gasteiger partial charge in [-0.2, -0.15) is 0 Å². The molecule has 0 aliphatic heterocycles. The highest BCUT2D eigenvalue weighted by Gasteiger charge is 2.06. The zero-order valence-corrected chi connectivity index (χ0v) is 13.3. The van der Waals surface area contributed by atoms with Crippen molar-refractivity contribution >= 4 is 22.3 Å². The van der Waals surface area contributed by atoms with E-state index in [9.17, 15) is 8.42 Å². The van der Waals surface area contributed by atoms with Gasteiger partial charge in [-0.3, -0.25) is 0 Å². The van der Waals surface area contributed by atoms with E-state index in [1.54, 1.807) is 0 Å². The van der Waals surface area contributed by atoms with Crippen LogP contribution in [0.25, 0.3) is 16.9 Å². The van der Waals surface area contributed by atoms with Crippen molar-refractivity contribution in [2.75, 3.05) is 0 Å². The number of hydrogen-bond donors (Lipinski definition) is 1. The molecule has 0 spiro atoms. The van der Waals surface area contributed by atoms with Gasteiger partial charge in [0.2, 0.25) is 0 Å². The molecule has 0 saturated heterocycles. The van der Waals surface area contributed by atoms with Gasteiger partial charge in [0.25, 0.3) is 0 Å². The molecule has 5 heteroatoms. The van der Waals surface area contributed by atoms with Crippen molar-refractivity contribution in [1.82, 2.24) is 4.57 Å². The highest BCUT2D eigenvalue weighted by Crippen LogP contribution is 2.25. The molecule has 3 nitrogen and oxygen atoms in total. The first kappa shape index (κ1) is 14.9. The van der Waals surface area contributed by atoms with Gasteiger partial charge in [-0.1, -0.05) is 35.9 Å². The lowest BCUT2D eigenvalue weighted by Gasteiger charge is -2.10. The van der Waals surface area contributed by atoms with Crippen LogP contribution in [-0.2, 0) is 16.5 Å². The highest BCUT2D eigenvalue weighted by atomic mass is 35.5. The Morgan fingerprint density at radius 3 is 2.23 bits per heavy atom. The number of halogens is 1. The Labute approximate surface area is 135 Å². The van der Waals surface area contributed by atoms with Crippen LogP contribution in [0.4, 0.5) is 0 Å². The second-order valence-corrected chi connectivity index (χ2v) is 6.35. The summed E-state index contributed by atoms with van der Waals surface area (Å²) in [4.78, 5) is 0. The van der Waals surface area contributed by atoms with Gasteiger partial charge >= 0.3 is 0 Å². The monoisotopic (exact) mass is 331 g/mol. The zero-order chi connectivity index (χ0) is 15.5. The van der Waals surface area contributed by atoms with Crippen molar-refractivity contribution in [3.8, 4) is 16.9 Å². The fraction of sp³-hybridized carbons (Fsp3) is 0.0588. The number of benzene rings is 2. The molecule has 0 saturated carbocycles. The minimum atomic E-state index is -2.39. The minimum absolute atomic E-state index is 0.0772. The number of hydrogen-bond acceptors (Lipinski definition) is 2. The first-order valence-corrected chi connectivity index (χ1v) is 8.52. The molecule has 0 bridgehead atoms. The van der Waals surface area contributed by atoms with Gasteiger partial charge in [0.05, 0.1) is 11.4 Å². The summed E-state index contributed by atoms with van der Waals surface area (Å²) in [6, 6.07) is 19.2. The van der Waals surface area contributed by atoms with Crippen LogP contribution in [0, 0.1) is 0 Å². The Morgan fingerprint density at radius 1 is 0.909 bits per heavy atom. The quantitative estimate of drug-likeness (QED) is 0.736. The van der Waals surface area contributed by atoms with Gasteiger partial charge in [0.15, 0.2) is 0 Å². The normalized spacial score (nSPS) is 11.0. The van der Waals surface area contributed by atoms with Crippen molar-refractivity contribution in [3.05, 3.63) is 77.4 Å². The first-order valence-electron chi connectivity index (χ1n) is 6.78. The molecule has 0 aliphatic rings. The van der Waals surface area contributed by atoms with Crippen molar-refractivity contribution in [1.29, 1.82) is 0 Å². The molecular formula is C17H14ClNO2S. The zero-order valence-electron chi connectivity index (χ0n) is 11.6. The van der Waals surface area contributed by atoms with Crippen LogP contribution < -0.4 is 0 Å². The second-order valence-electron chi connectivity index (χ2n) is 4.93. The molecule has 3 aromatic rings. The second kappa shape index (κ2) is 6.38. The highest BCUT2D eigenvalue weighted by molar-refractivity contribution is 7.71. The first-order chi connectivity index (χ1) is 10.6. The maximum Gasteiger partial charge on any atom is 0.144 e. The third-order valence-electron chi connectivity index (χ3n) is 3.41. The van der Waals surface area contributed by atoms with E-state index >= 15 is 0 Å². The van der Waals surface area contributed by atoms with Gasteiger partial charge < -0.3 is 4.57 Å². The number of thiol groups is 1. The molecule has 0 aliphatic carbocycles. The van der Waals surface area contributed by atoms with Crippen LogP contribution in [0.1, 0.15) is 5.56 Å². The number of rotatable bonds is 4. The molecule has 0 radical (unpaired) electrons. The maximum atomic E-state index is 10.8. The lowest BCUT2D eigenvalue weighted by molar-refractivity contribution is 0.614. The Balaban J connectivity index is 1.96. The largest absolute Gasteiger partial charge is 0.317 e. The lowest BCUT2D eigenvalue weighted by atomic mass is 10.1. The standard InChI is InChI=1S/C17H14ClNO2S/c18-15-7-9-16(10-8-15)19-11-1-2-17(19)14-5-3-13(4-6-14)12-22(20)21/h1-11,22H,12H2. The number of aromatic nitrogens is 1. The molecule has 0 fully saturated rings. The molecule has 3 rings (SSSR count). The summed E-state index contributed by atoms with van der Waals surface area (Å²) in [5, 5.41) is 0.702. The van der Waals surface area contributed by atoms with Crippen LogP contribution in [0.3, 0.4) is 0 Å². The molecule has 112 valence electrons. The van der Waals surface area contributed by atoms with Gasteiger partial charge in [0.1, 0.15) is 10.7 Å². The van der Waals surface area contributed by atoms with E-state index in [0.717, 1.165) is 22.5 Å². The van der Waals surface area contributed by atoms with E-state index in [4.69, 9.17) is 11.6 Å². The van der Waals surface area contributed by atoms with Crippen molar-refractivity contribution in [3.63, 3.8) is 0 Å². The van der Waals surface area contributed by atoms with Crippen LogP contribution in [0.5, 0.6) is 0 Å². The van der Waals surface area contributed by atoms with E-state index in [0.29, 0.717) is 5.02 Å². The summed E-state index contributed by atoms with van der Waals surface area (Å²) in [7, 11) is -2.39. The third kappa shape index (κ3) is 3.24. The third-order valence-corrected chi connectivity index (χ3v) is 4.29. The summed E-state index contributed by atoms with van der Waals surface area (Å²) in [6.07, 6.45) is 1.99. The van der Waals surface area contributed by atoms with E-state index in [1.165, 1.54) is 0 Å². The summed E-state index contributed by atoms with van der Waals surface area (Å²) in [6.45, 7) is 0. The Hall–Kier alpha value is -2.04. The molecule has 22 heavy (non-hydrogen) atoms. The van der Waals surface area contributed by atoms with Gasteiger partial charge in [-0.25, -0.2) is 8.42 Å². The molecule has 0 atom stereocenters. The fourth-order valence-electron chi connectivity index (χ4n) is 2.37.